The van der Waals surface area contributed by atoms with Gasteiger partial charge >= 0.3 is 5.97 Å². The minimum absolute atomic E-state index is 0.0694. The van der Waals surface area contributed by atoms with Crippen LogP contribution in [0.4, 0.5) is 0 Å². The number of halogens is 1. The number of rotatable bonds is 5. The second kappa shape index (κ2) is 10.1. The highest BCUT2D eigenvalue weighted by Crippen LogP contribution is 2.17. The van der Waals surface area contributed by atoms with Gasteiger partial charge in [-0.05, 0) is 48.9 Å². The summed E-state index contributed by atoms with van der Waals surface area (Å²) in [4.78, 5) is 39.9. The van der Waals surface area contributed by atoms with Crippen molar-refractivity contribution in [1.29, 1.82) is 0 Å². The molecule has 0 aromatic heterocycles. The van der Waals surface area contributed by atoms with Gasteiger partial charge in [0, 0.05) is 43.7 Å². The van der Waals surface area contributed by atoms with Crippen LogP contribution in [0.2, 0.25) is 5.02 Å². The minimum atomic E-state index is -0.440. The topological polar surface area (TPSA) is 76.2 Å². The van der Waals surface area contributed by atoms with Crippen molar-refractivity contribution in [2.45, 2.75) is 13.3 Å². The zero-order valence-corrected chi connectivity index (χ0v) is 17.4. The van der Waals surface area contributed by atoms with Crippen LogP contribution in [-0.4, -0.2) is 60.4 Å². The molecule has 2 amide bonds. The van der Waals surface area contributed by atoms with Gasteiger partial charge in [0.25, 0.3) is 11.8 Å². The summed E-state index contributed by atoms with van der Waals surface area (Å²) in [5.41, 5.74) is 0.444. The number of nitrogens with zero attached hydrogens (tertiary/aromatic N) is 2. The van der Waals surface area contributed by atoms with E-state index in [9.17, 15) is 14.4 Å². The van der Waals surface area contributed by atoms with E-state index in [0.29, 0.717) is 54.7 Å². The molecule has 158 valence electrons. The molecule has 0 spiro atoms. The molecular formula is C22H23ClN2O5. The Morgan fingerprint density at radius 2 is 1.63 bits per heavy atom. The Morgan fingerprint density at radius 1 is 0.933 bits per heavy atom. The third kappa shape index (κ3) is 5.97. The van der Waals surface area contributed by atoms with Gasteiger partial charge in [-0.15, -0.1) is 0 Å². The van der Waals surface area contributed by atoms with E-state index in [1.165, 1.54) is 6.92 Å². The first kappa shape index (κ1) is 21.6. The van der Waals surface area contributed by atoms with Crippen molar-refractivity contribution in [3.05, 3.63) is 59.1 Å². The van der Waals surface area contributed by atoms with Crippen LogP contribution >= 0.6 is 11.6 Å². The molecule has 3 rings (SSSR count). The average Bonchev–Trinajstić information content (AvgIpc) is 2.99. The molecule has 1 heterocycles. The van der Waals surface area contributed by atoms with E-state index in [1.54, 1.807) is 58.3 Å². The lowest BCUT2D eigenvalue weighted by Crippen LogP contribution is -2.39. The summed E-state index contributed by atoms with van der Waals surface area (Å²) in [6, 6.07) is 13.4. The Labute approximate surface area is 180 Å². The van der Waals surface area contributed by atoms with Crippen LogP contribution in [0.1, 0.15) is 23.7 Å². The zero-order chi connectivity index (χ0) is 21.5. The fraction of sp³-hybridized carbons (Fsp3) is 0.318. The summed E-state index contributed by atoms with van der Waals surface area (Å²) >= 11 is 5.84. The third-order valence-electron chi connectivity index (χ3n) is 4.65. The fourth-order valence-corrected chi connectivity index (χ4v) is 3.30. The SMILES string of the molecule is CC(=O)Oc1cccc(C(=O)N2CCCN(C(=O)COc3ccc(Cl)cc3)CC2)c1. The maximum atomic E-state index is 12.9. The number of benzene rings is 2. The number of carbonyl (C=O) groups excluding carboxylic acids is 3. The van der Waals surface area contributed by atoms with Gasteiger partial charge in [0.1, 0.15) is 11.5 Å². The van der Waals surface area contributed by atoms with Crippen LogP contribution < -0.4 is 9.47 Å². The van der Waals surface area contributed by atoms with Crippen LogP contribution in [0.3, 0.4) is 0 Å². The summed E-state index contributed by atoms with van der Waals surface area (Å²) in [6.45, 7) is 3.19. The Morgan fingerprint density at radius 3 is 2.37 bits per heavy atom. The maximum Gasteiger partial charge on any atom is 0.308 e. The quantitative estimate of drug-likeness (QED) is 0.538. The largest absolute Gasteiger partial charge is 0.484 e. The summed E-state index contributed by atoms with van der Waals surface area (Å²) < 4.78 is 10.6. The van der Waals surface area contributed by atoms with Crippen LogP contribution in [-0.2, 0) is 9.59 Å². The first-order chi connectivity index (χ1) is 14.4. The summed E-state index contributed by atoms with van der Waals surface area (Å²) in [5, 5.41) is 0.601. The van der Waals surface area contributed by atoms with E-state index < -0.39 is 5.97 Å². The molecule has 7 nitrogen and oxygen atoms in total. The predicted molar refractivity (Wildman–Crippen MR) is 112 cm³/mol. The molecule has 0 bridgehead atoms. The summed E-state index contributed by atoms with van der Waals surface area (Å²) in [7, 11) is 0. The van der Waals surface area contributed by atoms with Crippen molar-refractivity contribution in [3.63, 3.8) is 0 Å². The molecule has 0 N–H and O–H groups in total. The van der Waals surface area contributed by atoms with E-state index in [2.05, 4.69) is 0 Å². The van der Waals surface area contributed by atoms with E-state index in [-0.39, 0.29) is 18.4 Å². The fourth-order valence-electron chi connectivity index (χ4n) is 3.18. The van der Waals surface area contributed by atoms with Crippen LogP contribution in [0.25, 0.3) is 0 Å². The molecule has 1 saturated heterocycles. The number of esters is 1. The van der Waals surface area contributed by atoms with Crippen molar-refractivity contribution >= 4 is 29.4 Å². The van der Waals surface area contributed by atoms with Crippen molar-refractivity contribution < 1.29 is 23.9 Å². The molecule has 1 aliphatic rings. The van der Waals surface area contributed by atoms with Crippen LogP contribution in [0.15, 0.2) is 48.5 Å². The molecule has 1 aliphatic heterocycles. The highest BCUT2D eigenvalue weighted by molar-refractivity contribution is 6.30. The van der Waals surface area contributed by atoms with Gasteiger partial charge in [-0.1, -0.05) is 17.7 Å². The standard InChI is InChI=1S/C22H23ClN2O5/c1-16(26)30-20-5-2-4-17(14-20)22(28)25-11-3-10-24(12-13-25)21(27)15-29-19-8-6-18(23)7-9-19/h2,4-9,14H,3,10-13,15H2,1H3. The summed E-state index contributed by atoms with van der Waals surface area (Å²) in [6.07, 6.45) is 0.669. The second-order valence-electron chi connectivity index (χ2n) is 6.89. The monoisotopic (exact) mass is 430 g/mol. The highest BCUT2D eigenvalue weighted by atomic mass is 35.5. The van der Waals surface area contributed by atoms with Crippen molar-refractivity contribution in [2.24, 2.45) is 0 Å². The average molecular weight is 431 g/mol. The van der Waals surface area contributed by atoms with Crippen molar-refractivity contribution in [1.82, 2.24) is 9.80 Å². The molecule has 0 aliphatic carbocycles. The predicted octanol–water partition coefficient (Wildman–Crippen LogP) is 3.02. The first-order valence-corrected chi connectivity index (χ1v) is 10.0. The smallest absolute Gasteiger partial charge is 0.308 e. The Kier molecular flexibility index (Phi) is 7.30. The van der Waals surface area contributed by atoms with Crippen molar-refractivity contribution in [2.75, 3.05) is 32.8 Å². The van der Waals surface area contributed by atoms with Gasteiger partial charge in [0.2, 0.25) is 0 Å². The van der Waals surface area contributed by atoms with Gasteiger partial charge in [-0.25, -0.2) is 0 Å². The molecular weight excluding hydrogens is 408 g/mol. The Hall–Kier alpha value is -3.06. The lowest BCUT2D eigenvalue weighted by molar-refractivity contribution is -0.133. The van der Waals surface area contributed by atoms with Gasteiger partial charge in [-0.3, -0.25) is 14.4 Å². The van der Waals surface area contributed by atoms with Gasteiger partial charge in [-0.2, -0.15) is 0 Å². The maximum absolute atomic E-state index is 12.9. The van der Waals surface area contributed by atoms with Gasteiger partial charge in [0.15, 0.2) is 6.61 Å². The Balaban J connectivity index is 1.55. The molecule has 0 saturated carbocycles. The zero-order valence-electron chi connectivity index (χ0n) is 16.7. The molecule has 0 atom stereocenters. The van der Waals surface area contributed by atoms with Crippen LogP contribution in [0, 0.1) is 0 Å². The molecule has 30 heavy (non-hydrogen) atoms. The molecule has 2 aromatic carbocycles. The van der Waals surface area contributed by atoms with E-state index in [0.717, 1.165) is 0 Å². The highest BCUT2D eigenvalue weighted by Gasteiger charge is 2.23. The van der Waals surface area contributed by atoms with Crippen LogP contribution in [0.5, 0.6) is 11.5 Å². The molecule has 2 aromatic rings. The van der Waals surface area contributed by atoms with E-state index in [1.807, 2.05) is 0 Å². The summed E-state index contributed by atoms with van der Waals surface area (Å²) in [5.74, 6) is 0.183. The molecule has 0 radical (unpaired) electrons. The van der Waals surface area contributed by atoms with Gasteiger partial charge < -0.3 is 19.3 Å². The minimum Gasteiger partial charge on any atom is -0.484 e. The van der Waals surface area contributed by atoms with E-state index >= 15 is 0 Å². The van der Waals surface area contributed by atoms with E-state index in [4.69, 9.17) is 21.1 Å². The number of hydrogen-bond donors (Lipinski definition) is 0. The lowest BCUT2D eigenvalue weighted by Gasteiger charge is -2.22. The Bertz CT molecular complexity index is 916. The molecule has 1 fully saturated rings. The van der Waals surface area contributed by atoms with Crippen molar-refractivity contribution in [3.8, 4) is 11.5 Å². The molecule has 8 heteroatoms. The number of hydrogen-bond acceptors (Lipinski definition) is 5. The first-order valence-electron chi connectivity index (χ1n) is 9.66. The number of amides is 2. The number of ether oxygens (including phenoxy) is 2. The molecule has 0 unspecified atom stereocenters. The van der Waals surface area contributed by atoms with Gasteiger partial charge in [0.05, 0.1) is 0 Å². The second-order valence-corrected chi connectivity index (χ2v) is 7.33. The number of carbonyl (C=O) groups is 3. The third-order valence-corrected chi connectivity index (χ3v) is 4.91. The lowest BCUT2D eigenvalue weighted by atomic mass is 10.2. The normalized spacial score (nSPS) is 14.1.